The smallest absolute Gasteiger partial charge is 0.159 e. The van der Waals surface area contributed by atoms with Gasteiger partial charge in [-0.1, -0.05) is 11.6 Å². The van der Waals surface area contributed by atoms with Crippen molar-refractivity contribution in [3.63, 3.8) is 0 Å². The van der Waals surface area contributed by atoms with E-state index in [2.05, 4.69) is 50.5 Å². The third-order valence-electron chi connectivity index (χ3n) is 5.05. The first-order valence-corrected chi connectivity index (χ1v) is 9.18. The number of rotatable bonds is 2. The monoisotopic (exact) mass is 366 g/mol. The number of benzene rings is 2. The van der Waals surface area contributed by atoms with Crippen LogP contribution in [0.25, 0.3) is 33.5 Å². The Morgan fingerprint density at radius 1 is 1.15 bits per heavy atom. The quantitative estimate of drug-likeness (QED) is 0.507. The van der Waals surface area contributed by atoms with Crippen LogP contribution in [-0.4, -0.2) is 45.8 Å². The highest BCUT2D eigenvalue weighted by Gasteiger charge is 2.19. The molecule has 0 unspecified atom stereocenters. The van der Waals surface area contributed by atoms with Gasteiger partial charge in [0.1, 0.15) is 5.69 Å². The fourth-order valence-electron chi connectivity index (χ4n) is 3.69. The van der Waals surface area contributed by atoms with Gasteiger partial charge >= 0.3 is 0 Å². The van der Waals surface area contributed by atoms with Gasteiger partial charge in [0.25, 0.3) is 0 Å². The zero-order valence-electron chi connectivity index (χ0n) is 14.4. The molecule has 5 rings (SSSR count). The molecular formula is C19H19ClN6. The van der Waals surface area contributed by atoms with Gasteiger partial charge in [-0.3, -0.25) is 5.10 Å². The summed E-state index contributed by atoms with van der Waals surface area (Å²) in [5.41, 5.74) is 4.90. The molecule has 3 heterocycles. The minimum Gasteiger partial charge on any atom is -0.366 e. The van der Waals surface area contributed by atoms with Crippen LogP contribution in [-0.2, 0) is 0 Å². The van der Waals surface area contributed by atoms with Crippen LogP contribution in [0.5, 0.6) is 0 Å². The molecule has 1 fully saturated rings. The van der Waals surface area contributed by atoms with Gasteiger partial charge in [-0.15, -0.1) is 0 Å². The summed E-state index contributed by atoms with van der Waals surface area (Å²) < 4.78 is 0. The topological polar surface area (TPSA) is 72.6 Å². The Labute approximate surface area is 155 Å². The molecule has 0 saturated carbocycles. The summed E-state index contributed by atoms with van der Waals surface area (Å²) in [6, 6.07) is 12.6. The molecule has 1 aliphatic rings. The van der Waals surface area contributed by atoms with E-state index < -0.39 is 0 Å². The third kappa shape index (κ3) is 2.53. The lowest BCUT2D eigenvalue weighted by Gasteiger charge is -2.35. The van der Waals surface area contributed by atoms with Crippen molar-refractivity contribution in [2.75, 3.05) is 24.5 Å². The number of piperazine rings is 1. The first kappa shape index (κ1) is 15.7. The van der Waals surface area contributed by atoms with Crippen LogP contribution in [0, 0.1) is 0 Å². The van der Waals surface area contributed by atoms with E-state index in [1.165, 1.54) is 5.69 Å². The SMILES string of the molecule is C[C@@H]1CNCCN1c1ccc2nc(-c3n[nH]c4cc(Cl)ccc34)[nH]c2c1. The zero-order valence-corrected chi connectivity index (χ0v) is 15.1. The molecule has 7 heteroatoms. The Kier molecular flexibility index (Phi) is 3.62. The lowest BCUT2D eigenvalue weighted by Crippen LogP contribution is -2.49. The number of nitrogens with zero attached hydrogens (tertiary/aromatic N) is 3. The Morgan fingerprint density at radius 3 is 2.96 bits per heavy atom. The van der Waals surface area contributed by atoms with Crippen molar-refractivity contribution >= 4 is 39.2 Å². The predicted octanol–water partition coefficient (Wildman–Crippen LogP) is 3.56. The lowest BCUT2D eigenvalue weighted by molar-refractivity contribution is 0.501. The maximum absolute atomic E-state index is 6.06. The van der Waals surface area contributed by atoms with Crippen LogP contribution in [0.3, 0.4) is 0 Å². The highest BCUT2D eigenvalue weighted by molar-refractivity contribution is 6.31. The van der Waals surface area contributed by atoms with Crippen molar-refractivity contribution in [3.05, 3.63) is 41.4 Å². The molecule has 0 bridgehead atoms. The average molecular weight is 367 g/mol. The van der Waals surface area contributed by atoms with Crippen LogP contribution >= 0.6 is 11.6 Å². The van der Waals surface area contributed by atoms with Gasteiger partial charge in [0, 0.05) is 41.8 Å². The molecule has 0 radical (unpaired) electrons. The number of imidazole rings is 1. The van der Waals surface area contributed by atoms with Gasteiger partial charge in [-0.2, -0.15) is 5.10 Å². The Morgan fingerprint density at radius 2 is 2.08 bits per heavy atom. The first-order chi connectivity index (χ1) is 12.7. The van der Waals surface area contributed by atoms with Crippen molar-refractivity contribution in [2.24, 2.45) is 0 Å². The van der Waals surface area contributed by atoms with Gasteiger partial charge in [0.15, 0.2) is 5.82 Å². The Bertz CT molecular complexity index is 1100. The van der Waals surface area contributed by atoms with Crippen molar-refractivity contribution in [1.82, 2.24) is 25.5 Å². The fraction of sp³-hybridized carbons (Fsp3) is 0.263. The molecular weight excluding hydrogens is 348 g/mol. The summed E-state index contributed by atoms with van der Waals surface area (Å²) in [5.74, 6) is 0.763. The summed E-state index contributed by atoms with van der Waals surface area (Å²) in [7, 11) is 0. The third-order valence-corrected chi connectivity index (χ3v) is 5.28. The zero-order chi connectivity index (χ0) is 17.7. The van der Waals surface area contributed by atoms with Crippen LogP contribution < -0.4 is 10.2 Å². The summed E-state index contributed by atoms with van der Waals surface area (Å²) in [6.45, 7) is 5.28. The molecule has 0 spiro atoms. The van der Waals surface area contributed by atoms with Crippen LogP contribution in [0.4, 0.5) is 5.69 Å². The van der Waals surface area contributed by atoms with E-state index in [-0.39, 0.29) is 0 Å². The van der Waals surface area contributed by atoms with Gasteiger partial charge in [0.05, 0.1) is 16.6 Å². The second-order valence-corrected chi connectivity index (χ2v) is 7.23. The molecule has 3 N–H and O–H groups in total. The van der Waals surface area contributed by atoms with Gasteiger partial charge in [0.2, 0.25) is 0 Å². The van der Waals surface area contributed by atoms with E-state index in [4.69, 9.17) is 16.6 Å². The first-order valence-electron chi connectivity index (χ1n) is 8.80. The number of aromatic nitrogens is 4. The molecule has 0 amide bonds. The highest BCUT2D eigenvalue weighted by Crippen LogP contribution is 2.29. The van der Waals surface area contributed by atoms with Crippen LogP contribution in [0.15, 0.2) is 36.4 Å². The maximum atomic E-state index is 6.06. The number of halogens is 1. The average Bonchev–Trinajstić information content (AvgIpc) is 3.24. The van der Waals surface area contributed by atoms with Gasteiger partial charge in [-0.25, -0.2) is 4.98 Å². The van der Waals surface area contributed by atoms with Crippen LogP contribution in [0.2, 0.25) is 5.02 Å². The van der Waals surface area contributed by atoms with E-state index in [0.29, 0.717) is 11.1 Å². The number of hydrogen-bond donors (Lipinski definition) is 3. The van der Waals surface area contributed by atoms with Crippen molar-refractivity contribution in [1.29, 1.82) is 0 Å². The predicted molar refractivity (Wildman–Crippen MR) is 106 cm³/mol. The Balaban J connectivity index is 1.57. The number of aromatic amines is 2. The van der Waals surface area contributed by atoms with E-state index in [9.17, 15) is 0 Å². The molecule has 2 aromatic heterocycles. The number of H-pyrrole nitrogens is 2. The molecule has 132 valence electrons. The lowest BCUT2D eigenvalue weighted by atomic mass is 10.1. The molecule has 1 aliphatic heterocycles. The molecule has 26 heavy (non-hydrogen) atoms. The molecule has 4 aromatic rings. The fourth-order valence-corrected chi connectivity index (χ4v) is 3.86. The van der Waals surface area contributed by atoms with E-state index in [0.717, 1.165) is 53.1 Å². The number of anilines is 1. The van der Waals surface area contributed by atoms with Crippen molar-refractivity contribution in [3.8, 4) is 11.5 Å². The minimum atomic E-state index is 0.476. The van der Waals surface area contributed by atoms with Crippen molar-refractivity contribution in [2.45, 2.75) is 13.0 Å². The number of fused-ring (bicyclic) bond motifs is 2. The molecule has 1 atom stereocenters. The highest BCUT2D eigenvalue weighted by atomic mass is 35.5. The van der Waals surface area contributed by atoms with E-state index in [1.807, 2.05) is 18.2 Å². The molecule has 2 aromatic carbocycles. The van der Waals surface area contributed by atoms with Gasteiger partial charge in [-0.05, 0) is 43.3 Å². The molecule has 1 saturated heterocycles. The minimum absolute atomic E-state index is 0.476. The van der Waals surface area contributed by atoms with Crippen LogP contribution in [0.1, 0.15) is 6.92 Å². The summed E-state index contributed by atoms with van der Waals surface area (Å²) in [6.07, 6.45) is 0. The Hall–Kier alpha value is -2.57. The van der Waals surface area contributed by atoms with Gasteiger partial charge < -0.3 is 15.2 Å². The normalized spacial score (nSPS) is 18.1. The summed E-state index contributed by atoms with van der Waals surface area (Å²) in [5, 5.41) is 12.6. The maximum Gasteiger partial charge on any atom is 0.159 e. The summed E-state index contributed by atoms with van der Waals surface area (Å²) in [4.78, 5) is 10.6. The molecule has 0 aliphatic carbocycles. The summed E-state index contributed by atoms with van der Waals surface area (Å²) >= 11 is 6.06. The molecule has 6 nitrogen and oxygen atoms in total. The largest absolute Gasteiger partial charge is 0.366 e. The van der Waals surface area contributed by atoms with E-state index in [1.54, 1.807) is 0 Å². The number of hydrogen-bond acceptors (Lipinski definition) is 4. The van der Waals surface area contributed by atoms with Crippen molar-refractivity contribution < 1.29 is 0 Å². The standard InChI is InChI=1S/C19H19ClN6/c1-11-10-21-6-7-26(11)13-3-5-15-17(9-13)23-19(22-15)18-14-4-2-12(20)8-16(14)24-25-18/h2-5,8-9,11,21H,6-7,10H2,1H3,(H,22,23)(H,24,25)/t11-/m1/s1. The second kappa shape index (κ2) is 6.00. The van der Waals surface area contributed by atoms with E-state index >= 15 is 0 Å². The number of nitrogens with one attached hydrogen (secondary N) is 3. The second-order valence-electron chi connectivity index (χ2n) is 6.80.